The minimum absolute atomic E-state index is 0.824. The Balaban J connectivity index is 1.70. The minimum atomic E-state index is 0.824. The molecule has 3 heterocycles. The fraction of sp³-hybridized carbons (Fsp3) is 0.643. The molecule has 0 aromatic carbocycles. The zero-order valence-electron chi connectivity index (χ0n) is 10.3. The summed E-state index contributed by atoms with van der Waals surface area (Å²) in [5, 5.41) is 6.83. The number of piperidine rings is 1. The average Bonchev–Trinajstić information content (AvgIpc) is 2.40. The van der Waals surface area contributed by atoms with E-state index in [9.17, 15) is 0 Å². The fourth-order valence-corrected chi connectivity index (χ4v) is 2.86. The van der Waals surface area contributed by atoms with E-state index in [0.717, 1.165) is 24.7 Å². The Morgan fingerprint density at radius 3 is 2.94 bits per heavy atom. The summed E-state index contributed by atoms with van der Waals surface area (Å²) in [6, 6.07) is 4.50. The molecule has 17 heavy (non-hydrogen) atoms. The Morgan fingerprint density at radius 2 is 2.06 bits per heavy atom. The zero-order chi connectivity index (χ0) is 11.5. The lowest BCUT2D eigenvalue weighted by atomic mass is 9.92. The summed E-state index contributed by atoms with van der Waals surface area (Å²) in [4.78, 5) is 4.78. The smallest absolute Gasteiger partial charge is 0.129 e. The molecular formula is C14H21N3. The average molecular weight is 231 g/mol. The molecule has 92 valence electrons. The van der Waals surface area contributed by atoms with Crippen molar-refractivity contribution in [2.24, 2.45) is 5.92 Å². The second kappa shape index (κ2) is 5.05. The Bertz CT molecular complexity index is 383. The normalized spacial score (nSPS) is 20.7. The van der Waals surface area contributed by atoms with Crippen LogP contribution in [-0.2, 0) is 12.8 Å². The van der Waals surface area contributed by atoms with Gasteiger partial charge in [0.2, 0.25) is 0 Å². The first-order chi connectivity index (χ1) is 8.42. The number of pyridine rings is 1. The van der Waals surface area contributed by atoms with E-state index in [2.05, 4.69) is 22.8 Å². The fourth-order valence-electron chi connectivity index (χ4n) is 2.86. The molecule has 0 radical (unpaired) electrons. The van der Waals surface area contributed by atoms with Crippen molar-refractivity contribution in [3.63, 3.8) is 0 Å². The van der Waals surface area contributed by atoms with Crippen LogP contribution in [0.25, 0.3) is 0 Å². The third kappa shape index (κ3) is 2.60. The number of anilines is 1. The van der Waals surface area contributed by atoms with E-state index in [-0.39, 0.29) is 0 Å². The molecule has 1 aromatic heterocycles. The van der Waals surface area contributed by atoms with E-state index in [0.29, 0.717) is 0 Å². The second-order valence-electron chi connectivity index (χ2n) is 5.24. The van der Waals surface area contributed by atoms with Crippen molar-refractivity contribution in [2.45, 2.75) is 32.1 Å². The molecular weight excluding hydrogens is 210 g/mol. The van der Waals surface area contributed by atoms with Crippen molar-refractivity contribution in [1.82, 2.24) is 10.3 Å². The Kier molecular flexibility index (Phi) is 3.27. The first-order valence-electron chi connectivity index (χ1n) is 6.85. The van der Waals surface area contributed by atoms with Gasteiger partial charge in [0, 0.05) is 12.2 Å². The van der Waals surface area contributed by atoms with Gasteiger partial charge in [-0.15, -0.1) is 0 Å². The van der Waals surface area contributed by atoms with Crippen molar-refractivity contribution in [2.75, 3.05) is 25.0 Å². The molecule has 1 fully saturated rings. The quantitative estimate of drug-likeness (QED) is 0.817. The Hall–Kier alpha value is -1.09. The molecule has 0 bridgehead atoms. The molecule has 0 amide bonds. The lowest BCUT2D eigenvalue weighted by molar-refractivity contribution is 0.370. The predicted octanol–water partition coefficient (Wildman–Crippen LogP) is 1.98. The Labute approximate surface area is 103 Å². The van der Waals surface area contributed by atoms with Crippen LogP contribution in [0.15, 0.2) is 12.1 Å². The van der Waals surface area contributed by atoms with Gasteiger partial charge in [-0.3, -0.25) is 0 Å². The van der Waals surface area contributed by atoms with Gasteiger partial charge in [0.1, 0.15) is 5.82 Å². The van der Waals surface area contributed by atoms with E-state index in [1.54, 1.807) is 0 Å². The van der Waals surface area contributed by atoms with Gasteiger partial charge in [-0.25, -0.2) is 4.98 Å². The van der Waals surface area contributed by atoms with Crippen molar-refractivity contribution in [1.29, 1.82) is 0 Å². The number of nitrogens with one attached hydrogen (secondary N) is 2. The highest BCUT2D eigenvalue weighted by molar-refractivity contribution is 5.47. The molecule has 3 nitrogen and oxygen atoms in total. The number of nitrogens with zero attached hydrogens (tertiary/aromatic N) is 1. The number of hydrogen-bond donors (Lipinski definition) is 2. The molecule has 0 aliphatic carbocycles. The largest absolute Gasteiger partial charge is 0.370 e. The van der Waals surface area contributed by atoms with Crippen LogP contribution in [0.1, 0.15) is 30.5 Å². The van der Waals surface area contributed by atoms with Gasteiger partial charge < -0.3 is 10.6 Å². The summed E-state index contributed by atoms with van der Waals surface area (Å²) in [5.74, 6) is 1.97. The summed E-state index contributed by atoms with van der Waals surface area (Å²) in [7, 11) is 0. The van der Waals surface area contributed by atoms with Crippen LogP contribution in [0.4, 0.5) is 5.82 Å². The van der Waals surface area contributed by atoms with Gasteiger partial charge in [-0.2, -0.15) is 0 Å². The van der Waals surface area contributed by atoms with E-state index in [1.807, 2.05) is 0 Å². The zero-order valence-corrected chi connectivity index (χ0v) is 10.3. The van der Waals surface area contributed by atoms with Crippen molar-refractivity contribution >= 4 is 5.82 Å². The van der Waals surface area contributed by atoms with E-state index >= 15 is 0 Å². The number of aryl methyl sites for hydroxylation is 1. The van der Waals surface area contributed by atoms with E-state index in [4.69, 9.17) is 4.98 Å². The third-order valence-corrected chi connectivity index (χ3v) is 3.91. The number of hydrogen-bond acceptors (Lipinski definition) is 3. The maximum absolute atomic E-state index is 4.78. The summed E-state index contributed by atoms with van der Waals surface area (Å²) in [5.41, 5.74) is 2.66. The molecule has 3 heteroatoms. The first-order valence-corrected chi connectivity index (χ1v) is 6.85. The lowest BCUT2D eigenvalue weighted by Gasteiger charge is -2.23. The third-order valence-electron chi connectivity index (χ3n) is 3.91. The first kappa shape index (κ1) is 11.0. The van der Waals surface area contributed by atoms with Gasteiger partial charge >= 0.3 is 0 Å². The number of rotatable bonds is 2. The van der Waals surface area contributed by atoms with Gasteiger partial charge in [0.15, 0.2) is 0 Å². The van der Waals surface area contributed by atoms with Crippen molar-refractivity contribution in [3.05, 3.63) is 23.4 Å². The van der Waals surface area contributed by atoms with Gasteiger partial charge in [0.05, 0.1) is 0 Å². The molecule has 1 saturated heterocycles. The van der Waals surface area contributed by atoms with Crippen LogP contribution >= 0.6 is 0 Å². The molecule has 1 aromatic rings. The topological polar surface area (TPSA) is 37.0 Å². The molecule has 0 unspecified atom stereocenters. The predicted molar refractivity (Wildman–Crippen MR) is 70.3 cm³/mol. The maximum Gasteiger partial charge on any atom is 0.129 e. The van der Waals surface area contributed by atoms with Gasteiger partial charge in [0.25, 0.3) is 0 Å². The van der Waals surface area contributed by atoms with E-state index < -0.39 is 0 Å². The molecule has 3 rings (SSSR count). The Morgan fingerprint density at radius 1 is 1.18 bits per heavy atom. The summed E-state index contributed by atoms with van der Waals surface area (Å²) < 4.78 is 0. The van der Waals surface area contributed by atoms with Crippen LogP contribution in [0.2, 0.25) is 0 Å². The molecule has 2 aliphatic rings. The van der Waals surface area contributed by atoms with Crippen LogP contribution in [0.3, 0.4) is 0 Å². The number of fused-ring (bicyclic) bond motifs is 1. The monoisotopic (exact) mass is 231 g/mol. The van der Waals surface area contributed by atoms with E-state index in [1.165, 1.54) is 50.0 Å². The van der Waals surface area contributed by atoms with Crippen molar-refractivity contribution < 1.29 is 0 Å². The summed E-state index contributed by atoms with van der Waals surface area (Å²) in [6.07, 6.45) is 6.17. The highest BCUT2D eigenvalue weighted by Gasteiger charge is 2.16. The van der Waals surface area contributed by atoms with Crippen LogP contribution in [0.5, 0.6) is 0 Å². The van der Waals surface area contributed by atoms with Crippen LogP contribution < -0.4 is 10.6 Å². The summed E-state index contributed by atoms with van der Waals surface area (Å²) >= 11 is 0. The highest BCUT2D eigenvalue weighted by atomic mass is 15.0. The van der Waals surface area contributed by atoms with Gasteiger partial charge in [-0.1, -0.05) is 6.07 Å². The second-order valence-corrected chi connectivity index (χ2v) is 5.24. The molecule has 0 atom stereocenters. The minimum Gasteiger partial charge on any atom is -0.370 e. The number of aromatic nitrogens is 1. The SMILES string of the molecule is c1cc2c(nc1CC1CCNCC1)NCCC2. The lowest BCUT2D eigenvalue weighted by Crippen LogP contribution is -2.29. The molecule has 0 saturated carbocycles. The van der Waals surface area contributed by atoms with Crippen LogP contribution in [0, 0.1) is 5.92 Å². The van der Waals surface area contributed by atoms with Crippen molar-refractivity contribution in [3.8, 4) is 0 Å². The molecule has 2 aliphatic heterocycles. The maximum atomic E-state index is 4.78. The van der Waals surface area contributed by atoms with Crippen LogP contribution in [-0.4, -0.2) is 24.6 Å². The standard InChI is InChI=1S/C14H21N3/c1-2-12-3-4-13(17-14(12)16-7-1)10-11-5-8-15-9-6-11/h3-4,11,15H,1-2,5-10H2,(H,16,17). The summed E-state index contributed by atoms with van der Waals surface area (Å²) in [6.45, 7) is 3.43. The highest BCUT2D eigenvalue weighted by Crippen LogP contribution is 2.22. The molecule has 0 spiro atoms. The van der Waals surface area contributed by atoms with Gasteiger partial charge in [-0.05, 0) is 62.7 Å². The molecule has 2 N–H and O–H groups in total.